The minimum atomic E-state index is 0.00243. The third-order valence-corrected chi connectivity index (χ3v) is 5.73. The molecule has 4 rings (SSSR count). The van der Waals surface area contributed by atoms with Crippen molar-refractivity contribution in [3.8, 4) is 5.75 Å². The molecule has 0 amide bonds. The topological polar surface area (TPSA) is 70.1 Å². The molecule has 0 spiro atoms. The quantitative estimate of drug-likeness (QED) is 0.731. The number of benzene rings is 2. The maximum Gasteiger partial charge on any atom is 0.261 e. The van der Waals surface area contributed by atoms with E-state index in [1.807, 2.05) is 34.9 Å². The Balaban J connectivity index is 1.86. The van der Waals surface area contributed by atoms with Crippen LogP contribution in [0.5, 0.6) is 5.75 Å². The molecule has 1 aliphatic rings. The van der Waals surface area contributed by atoms with Crippen molar-refractivity contribution in [1.29, 1.82) is 0 Å². The Hall–Kier alpha value is -2.66. The fraction of sp³-hybridized carbons (Fsp3) is 0.391. The van der Waals surface area contributed by atoms with Crippen LogP contribution in [0.3, 0.4) is 0 Å². The zero-order chi connectivity index (χ0) is 19.5. The van der Waals surface area contributed by atoms with Crippen molar-refractivity contribution in [3.63, 3.8) is 0 Å². The van der Waals surface area contributed by atoms with E-state index in [4.69, 9.17) is 15.5 Å². The summed E-state index contributed by atoms with van der Waals surface area (Å²) in [7, 11) is 1.61. The Labute approximate surface area is 165 Å². The van der Waals surface area contributed by atoms with E-state index >= 15 is 0 Å². The zero-order valence-electron chi connectivity index (χ0n) is 16.4. The normalized spacial score (nSPS) is 15.1. The number of hydrogen-bond donors (Lipinski definition) is 1. The van der Waals surface area contributed by atoms with E-state index in [1.165, 1.54) is 19.3 Å². The molecule has 1 aromatic heterocycles. The molecule has 0 aliphatic heterocycles. The van der Waals surface area contributed by atoms with Crippen LogP contribution in [0.2, 0.25) is 0 Å². The third-order valence-electron chi connectivity index (χ3n) is 5.73. The molecule has 28 heavy (non-hydrogen) atoms. The minimum Gasteiger partial charge on any atom is -0.497 e. The Morgan fingerprint density at radius 2 is 1.89 bits per heavy atom. The minimum absolute atomic E-state index is 0.00243. The fourth-order valence-corrected chi connectivity index (χ4v) is 4.21. The van der Waals surface area contributed by atoms with E-state index in [1.54, 1.807) is 13.2 Å². The lowest BCUT2D eigenvalue weighted by Gasteiger charge is -2.25. The molecule has 0 unspecified atom stereocenters. The van der Waals surface area contributed by atoms with Gasteiger partial charge in [-0.25, -0.2) is 4.98 Å². The number of fused-ring (bicyclic) bond motifs is 1. The smallest absolute Gasteiger partial charge is 0.261 e. The van der Waals surface area contributed by atoms with Crippen molar-refractivity contribution in [2.24, 2.45) is 5.73 Å². The Morgan fingerprint density at radius 1 is 1.11 bits per heavy atom. The molecular formula is C23H27N3O2. The number of methoxy groups -OCH3 is 1. The van der Waals surface area contributed by atoms with Crippen molar-refractivity contribution < 1.29 is 4.74 Å². The van der Waals surface area contributed by atoms with Gasteiger partial charge < -0.3 is 10.5 Å². The summed E-state index contributed by atoms with van der Waals surface area (Å²) >= 11 is 0. The highest BCUT2D eigenvalue weighted by molar-refractivity contribution is 5.79. The van der Waals surface area contributed by atoms with Gasteiger partial charge in [-0.1, -0.05) is 43.5 Å². The largest absolute Gasteiger partial charge is 0.497 e. The van der Waals surface area contributed by atoms with Crippen LogP contribution in [0, 0.1) is 0 Å². The number of rotatable bonds is 5. The predicted molar refractivity (Wildman–Crippen MR) is 112 cm³/mol. The fourth-order valence-electron chi connectivity index (χ4n) is 4.21. The van der Waals surface area contributed by atoms with Gasteiger partial charge in [0.25, 0.3) is 5.56 Å². The maximum atomic E-state index is 13.5. The summed E-state index contributed by atoms with van der Waals surface area (Å²) in [6.07, 6.45) is 5.85. The third kappa shape index (κ3) is 3.67. The van der Waals surface area contributed by atoms with Gasteiger partial charge in [-0.2, -0.15) is 0 Å². The summed E-state index contributed by atoms with van der Waals surface area (Å²) in [5, 5.41) is 0.605. The molecule has 1 saturated carbocycles. The summed E-state index contributed by atoms with van der Waals surface area (Å²) in [5.41, 5.74) is 8.70. The summed E-state index contributed by atoms with van der Waals surface area (Å²) < 4.78 is 7.19. The number of nitrogens with two attached hydrogens (primary N) is 1. The van der Waals surface area contributed by atoms with Gasteiger partial charge in [-0.05, 0) is 42.2 Å². The van der Waals surface area contributed by atoms with Crippen molar-refractivity contribution in [1.82, 2.24) is 9.55 Å². The standard InChI is InChI=1S/C23H27N3O2/c1-28-19-10-11-21-20(13-19)23(27)26(15-17-7-5-6-16(12-17)14-24)22(25-21)18-8-3-2-4-9-18/h5-7,10-13,18H,2-4,8-9,14-15,24H2,1H3. The van der Waals surface area contributed by atoms with E-state index in [0.29, 0.717) is 30.1 Å². The van der Waals surface area contributed by atoms with Crippen LogP contribution in [-0.4, -0.2) is 16.7 Å². The maximum absolute atomic E-state index is 13.5. The van der Waals surface area contributed by atoms with Crippen molar-refractivity contribution >= 4 is 10.9 Å². The lowest BCUT2D eigenvalue weighted by Crippen LogP contribution is -2.28. The molecule has 3 aromatic rings. The molecule has 1 aliphatic carbocycles. The first-order valence-electron chi connectivity index (χ1n) is 10.1. The first kappa shape index (κ1) is 18.7. The molecule has 1 fully saturated rings. The number of aromatic nitrogens is 2. The lowest BCUT2D eigenvalue weighted by molar-refractivity contribution is 0.412. The van der Waals surface area contributed by atoms with E-state index in [2.05, 4.69) is 6.07 Å². The first-order chi connectivity index (χ1) is 13.7. The second-order valence-electron chi connectivity index (χ2n) is 7.60. The molecule has 146 valence electrons. The highest BCUT2D eigenvalue weighted by atomic mass is 16.5. The lowest BCUT2D eigenvalue weighted by atomic mass is 9.88. The molecule has 2 aromatic carbocycles. The number of nitrogens with zero attached hydrogens (tertiary/aromatic N) is 2. The molecule has 0 saturated heterocycles. The van der Waals surface area contributed by atoms with Gasteiger partial charge in [0.15, 0.2) is 0 Å². The van der Waals surface area contributed by atoms with Crippen LogP contribution in [0.1, 0.15) is 55.0 Å². The number of ether oxygens (including phenoxy) is 1. The summed E-state index contributed by atoms with van der Waals surface area (Å²) in [5.74, 6) is 1.93. The van der Waals surface area contributed by atoms with E-state index in [9.17, 15) is 4.79 Å². The molecule has 1 heterocycles. The van der Waals surface area contributed by atoms with Gasteiger partial charge in [0.2, 0.25) is 0 Å². The SMILES string of the molecule is COc1ccc2nc(C3CCCCC3)n(Cc3cccc(CN)c3)c(=O)c2c1. The predicted octanol–water partition coefficient (Wildman–Crippen LogP) is 3.96. The highest BCUT2D eigenvalue weighted by Crippen LogP contribution is 2.32. The molecule has 2 N–H and O–H groups in total. The second kappa shape index (κ2) is 8.15. The number of hydrogen-bond acceptors (Lipinski definition) is 4. The van der Waals surface area contributed by atoms with Gasteiger partial charge in [0.05, 0.1) is 24.6 Å². The van der Waals surface area contributed by atoms with E-state index in [-0.39, 0.29) is 5.56 Å². The average molecular weight is 377 g/mol. The Bertz CT molecular complexity index is 1040. The van der Waals surface area contributed by atoms with Gasteiger partial charge in [0, 0.05) is 12.5 Å². The molecule has 0 radical (unpaired) electrons. The molecule has 0 atom stereocenters. The molecule has 5 nitrogen and oxygen atoms in total. The van der Waals surface area contributed by atoms with Gasteiger partial charge >= 0.3 is 0 Å². The Morgan fingerprint density at radius 3 is 2.64 bits per heavy atom. The molecule has 5 heteroatoms. The van der Waals surface area contributed by atoms with Crippen LogP contribution >= 0.6 is 0 Å². The van der Waals surface area contributed by atoms with Gasteiger partial charge in [0.1, 0.15) is 11.6 Å². The summed E-state index contributed by atoms with van der Waals surface area (Å²) in [6, 6.07) is 13.7. The van der Waals surface area contributed by atoms with Crippen molar-refractivity contribution in [3.05, 3.63) is 69.8 Å². The van der Waals surface area contributed by atoms with E-state index in [0.717, 1.165) is 35.3 Å². The first-order valence-corrected chi connectivity index (χ1v) is 10.1. The molecular weight excluding hydrogens is 350 g/mol. The van der Waals surface area contributed by atoms with Crippen LogP contribution in [0.25, 0.3) is 10.9 Å². The van der Waals surface area contributed by atoms with Crippen LogP contribution in [0.4, 0.5) is 0 Å². The van der Waals surface area contributed by atoms with Crippen LogP contribution in [0.15, 0.2) is 47.3 Å². The molecule has 0 bridgehead atoms. The second-order valence-corrected chi connectivity index (χ2v) is 7.60. The monoisotopic (exact) mass is 377 g/mol. The summed E-state index contributed by atoms with van der Waals surface area (Å²) in [4.78, 5) is 18.4. The summed E-state index contributed by atoms with van der Waals surface area (Å²) in [6.45, 7) is 1.00. The Kier molecular flexibility index (Phi) is 5.44. The van der Waals surface area contributed by atoms with Gasteiger partial charge in [-0.3, -0.25) is 9.36 Å². The average Bonchev–Trinajstić information content (AvgIpc) is 2.76. The van der Waals surface area contributed by atoms with Crippen LogP contribution < -0.4 is 16.0 Å². The van der Waals surface area contributed by atoms with Crippen molar-refractivity contribution in [2.75, 3.05) is 7.11 Å². The van der Waals surface area contributed by atoms with Gasteiger partial charge in [-0.15, -0.1) is 0 Å². The van der Waals surface area contributed by atoms with Crippen LogP contribution in [-0.2, 0) is 13.1 Å². The van der Waals surface area contributed by atoms with Crippen molar-refractivity contribution in [2.45, 2.75) is 51.1 Å². The highest BCUT2D eigenvalue weighted by Gasteiger charge is 2.22. The zero-order valence-corrected chi connectivity index (χ0v) is 16.4. The van der Waals surface area contributed by atoms with E-state index < -0.39 is 0 Å².